The summed E-state index contributed by atoms with van der Waals surface area (Å²) in [5, 5.41) is 8.66. The van der Waals surface area contributed by atoms with E-state index in [9.17, 15) is 60.0 Å². The van der Waals surface area contributed by atoms with Crippen molar-refractivity contribution in [1.82, 2.24) is 0 Å². The third kappa shape index (κ3) is 31.2. The van der Waals surface area contributed by atoms with Crippen molar-refractivity contribution >= 4 is 69.3 Å². The predicted molar refractivity (Wildman–Crippen MR) is 193 cm³/mol. The molecule has 0 unspecified atom stereocenters. The third-order valence-electron chi connectivity index (χ3n) is 6.66. The number of benzene rings is 2. The van der Waals surface area contributed by atoms with Crippen molar-refractivity contribution in [3.8, 4) is 11.5 Å². The topological polar surface area (TPSA) is 166 Å². The lowest BCUT2D eigenvalue weighted by Gasteiger charge is -2.09. The van der Waals surface area contributed by atoms with Gasteiger partial charge >= 0.3 is 22.5 Å². The minimum Gasteiger partial charge on any atom is -0.508 e. The van der Waals surface area contributed by atoms with E-state index < -0.39 is 60.8 Å². The normalized spacial score (nSPS) is 12.6. The molecule has 0 aliphatic carbocycles. The van der Waals surface area contributed by atoms with Crippen molar-refractivity contribution in [3.05, 3.63) is 59.7 Å². The first kappa shape index (κ1) is 51.3. The van der Waals surface area contributed by atoms with Crippen LogP contribution in [0.2, 0.25) is 0 Å². The van der Waals surface area contributed by atoms with Crippen LogP contribution >= 0.6 is 32.0 Å². The Labute approximate surface area is 320 Å². The maximum absolute atomic E-state index is 12.4. The molecule has 0 aliphatic heterocycles. The lowest BCUT2D eigenvalue weighted by Crippen LogP contribution is -2.14. The SMILES string of the molecule is O=S(=O)(Cl)CCCCCCCCS(=O)(=O)Cl.O=S(=O)(Cl)CCCCCCCCS(=O)(=O)Oc1ccc(C(F)(F)F)cc1.Oc1ccc(C(F)(F)F)cc1. The lowest BCUT2D eigenvalue weighted by atomic mass is 10.1. The van der Waals surface area contributed by atoms with Crippen LogP contribution in [0.4, 0.5) is 26.3 Å². The van der Waals surface area contributed by atoms with Crippen LogP contribution in [0.1, 0.15) is 88.2 Å². The van der Waals surface area contributed by atoms with Crippen LogP contribution in [0.5, 0.6) is 11.5 Å². The van der Waals surface area contributed by atoms with E-state index in [1.54, 1.807) is 0 Å². The Hall–Kier alpha value is -1.71. The second-order valence-corrected chi connectivity index (χ2v) is 21.8. The maximum Gasteiger partial charge on any atom is 0.416 e. The fourth-order valence-electron chi connectivity index (χ4n) is 4.05. The highest BCUT2D eigenvalue weighted by Gasteiger charge is 2.31. The van der Waals surface area contributed by atoms with E-state index >= 15 is 0 Å². The van der Waals surface area contributed by atoms with Crippen molar-refractivity contribution in [2.75, 3.05) is 23.0 Å². The second kappa shape index (κ2) is 24.0. The summed E-state index contributed by atoms with van der Waals surface area (Å²) in [4.78, 5) is 0. The Kier molecular flexibility index (Phi) is 23.3. The molecule has 0 atom stereocenters. The average Bonchev–Trinajstić information content (AvgIpc) is 2.98. The molecule has 0 aliphatic rings. The van der Waals surface area contributed by atoms with Gasteiger partial charge < -0.3 is 9.29 Å². The molecule has 2 aromatic carbocycles. The Morgan fingerprint density at radius 2 is 0.717 bits per heavy atom. The van der Waals surface area contributed by atoms with E-state index in [1.807, 2.05) is 0 Å². The van der Waals surface area contributed by atoms with Crippen molar-refractivity contribution in [2.24, 2.45) is 0 Å². The number of rotatable bonds is 20. The summed E-state index contributed by atoms with van der Waals surface area (Å²) in [6.45, 7) is 0. The molecular formula is C30H41Cl3F6O10S4. The molecule has 0 fully saturated rings. The van der Waals surface area contributed by atoms with Gasteiger partial charge in [-0.15, -0.1) is 0 Å². The number of hydrogen-bond acceptors (Lipinski definition) is 10. The van der Waals surface area contributed by atoms with Crippen molar-refractivity contribution in [2.45, 2.75) is 89.4 Å². The largest absolute Gasteiger partial charge is 0.508 e. The van der Waals surface area contributed by atoms with Crippen molar-refractivity contribution in [3.63, 3.8) is 0 Å². The zero-order valence-electron chi connectivity index (χ0n) is 28.1. The Morgan fingerprint density at radius 1 is 0.453 bits per heavy atom. The Balaban J connectivity index is 0.000000848. The van der Waals surface area contributed by atoms with Gasteiger partial charge in [-0.2, -0.15) is 34.8 Å². The van der Waals surface area contributed by atoms with Crippen LogP contribution < -0.4 is 4.18 Å². The van der Waals surface area contributed by atoms with Gasteiger partial charge in [-0.3, -0.25) is 0 Å². The van der Waals surface area contributed by atoms with Crippen LogP contribution in [0.15, 0.2) is 48.5 Å². The molecule has 0 saturated heterocycles. The lowest BCUT2D eigenvalue weighted by molar-refractivity contribution is -0.138. The summed E-state index contributed by atoms with van der Waals surface area (Å²) >= 11 is 0. The standard InChI is InChI=1S/C15H20ClF3O5S2.C8H16Cl2O4S2.C7H5F3O/c16-25(20,21)11-5-3-1-2-4-6-12-26(22,23)24-14-9-7-13(8-10-14)15(17,18)19;9-15(11,12)7-5-3-1-2-4-6-8-16(10,13)14;8-7(9,10)5-1-3-6(11)4-2-5/h7-10H,1-6,11-12H2;1-8H2;1-4,11H. The first-order chi connectivity index (χ1) is 24.1. The minimum atomic E-state index is -4.49. The van der Waals surface area contributed by atoms with Crippen LogP contribution in [0.3, 0.4) is 0 Å². The molecule has 1 N–H and O–H groups in total. The smallest absolute Gasteiger partial charge is 0.416 e. The van der Waals surface area contributed by atoms with Gasteiger partial charge in [0.25, 0.3) is 0 Å². The highest BCUT2D eigenvalue weighted by atomic mass is 35.7. The highest BCUT2D eigenvalue weighted by Crippen LogP contribution is 2.31. The van der Waals surface area contributed by atoms with E-state index in [0.717, 1.165) is 87.1 Å². The second-order valence-electron chi connectivity index (χ2n) is 11.4. The van der Waals surface area contributed by atoms with Crippen molar-refractivity contribution < 1.29 is 69.3 Å². The van der Waals surface area contributed by atoms with Crippen LogP contribution in [-0.2, 0) is 49.6 Å². The molecule has 0 amide bonds. The summed E-state index contributed by atoms with van der Waals surface area (Å²) in [7, 11) is 1.08. The van der Waals surface area contributed by atoms with E-state index in [1.165, 1.54) is 0 Å². The van der Waals surface area contributed by atoms with Gasteiger partial charge in [0.1, 0.15) is 11.5 Å². The van der Waals surface area contributed by atoms with Crippen LogP contribution in [0.25, 0.3) is 0 Å². The molecule has 0 spiro atoms. The van der Waals surface area contributed by atoms with Gasteiger partial charge in [-0.25, -0.2) is 25.3 Å². The Morgan fingerprint density at radius 3 is 1.00 bits per heavy atom. The quantitative estimate of drug-likeness (QED) is 0.0586. The molecule has 0 heterocycles. The summed E-state index contributed by atoms with van der Waals surface area (Å²) < 4.78 is 165. The number of halogens is 9. The van der Waals surface area contributed by atoms with E-state index in [0.29, 0.717) is 38.5 Å². The highest BCUT2D eigenvalue weighted by molar-refractivity contribution is 8.14. The van der Waals surface area contributed by atoms with Crippen LogP contribution in [0, 0.1) is 0 Å². The molecule has 308 valence electrons. The van der Waals surface area contributed by atoms with E-state index in [4.69, 9.17) is 41.3 Å². The number of unbranched alkanes of at least 4 members (excludes halogenated alkanes) is 10. The first-order valence-electron chi connectivity index (χ1n) is 15.8. The minimum absolute atomic E-state index is 0.00458. The summed E-state index contributed by atoms with van der Waals surface area (Å²) in [6.07, 6.45) is -0.771. The molecule has 0 bridgehead atoms. The third-order valence-corrected chi connectivity index (χ3v) is 11.6. The van der Waals surface area contributed by atoms with Gasteiger partial charge in [0.15, 0.2) is 0 Å². The van der Waals surface area contributed by atoms with Gasteiger partial charge in [-0.05, 0) is 74.2 Å². The predicted octanol–water partition coefficient (Wildman–Crippen LogP) is 9.20. The number of phenols is 1. The van der Waals surface area contributed by atoms with E-state index in [-0.39, 0.29) is 34.5 Å². The van der Waals surface area contributed by atoms with Gasteiger partial charge in [0.2, 0.25) is 27.2 Å². The number of alkyl halides is 6. The van der Waals surface area contributed by atoms with Crippen LogP contribution in [-0.4, -0.2) is 61.8 Å². The monoisotopic (exact) mass is 908 g/mol. The summed E-state index contributed by atoms with van der Waals surface area (Å²) in [6, 6.07) is 7.10. The molecule has 0 saturated carbocycles. The van der Waals surface area contributed by atoms with E-state index in [2.05, 4.69) is 0 Å². The zero-order chi connectivity index (χ0) is 41.0. The fourth-order valence-corrected chi connectivity index (χ4v) is 7.73. The summed E-state index contributed by atoms with van der Waals surface area (Å²) in [5.41, 5.74) is -1.64. The fraction of sp³-hybridized carbons (Fsp3) is 0.600. The number of hydrogen-bond donors (Lipinski definition) is 1. The molecule has 2 aromatic rings. The van der Waals surface area contributed by atoms with Gasteiger partial charge in [-0.1, -0.05) is 51.4 Å². The maximum atomic E-state index is 12.4. The van der Waals surface area contributed by atoms with Gasteiger partial charge in [0.05, 0.1) is 34.1 Å². The average molecular weight is 910 g/mol. The summed E-state index contributed by atoms with van der Waals surface area (Å²) in [5.74, 6) is -0.651. The molecule has 23 heteroatoms. The van der Waals surface area contributed by atoms with Crippen molar-refractivity contribution in [1.29, 1.82) is 0 Å². The molecular weight excluding hydrogens is 869 g/mol. The number of phenolic OH excluding ortho intramolecular Hbond substituents is 1. The molecule has 0 radical (unpaired) electrons. The molecule has 10 nitrogen and oxygen atoms in total. The molecule has 53 heavy (non-hydrogen) atoms. The molecule has 0 aromatic heterocycles. The Bertz CT molecular complexity index is 1740. The zero-order valence-corrected chi connectivity index (χ0v) is 33.6. The molecule has 2 rings (SSSR count). The first-order valence-corrected chi connectivity index (χ1v) is 24.8. The van der Waals surface area contributed by atoms with Gasteiger partial charge in [0, 0.05) is 32.0 Å². The number of aromatic hydroxyl groups is 1.